The van der Waals surface area contributed by atoms with Gasteiger partial charge in [-0.3, -0.25) is 0 Å². The maximum absolute atomic E-state index is 6.03. The second-order valence-corrected chi connectivity index (χ2v) is 4.89. The fraction of sp³-hybridized carbons (Fsp3) is 0.231. The molecule has 0 aliphatic carbocycles. The molecule has 3 rings (SSSR count). The molecule has 1 aromatic carbocycles. The quantitative estimate of drug-likeness (QED) is 0.748. The molecule has 18 heavy (non-hydrogen) atoms. The molecule has 0 N–H and O–H groups in total. The fourth-order valence-electron chi connectivity index (χ4n) is 1.92. The Morgan fingerprint density at radius 3 is 2.61 bits per heavy atom. The number of hydrogen-bond acceptors (Lipinski definition) is 3. The maximum atomic E-state index is 6.03. The fourth-order valence-corrected chi connectivity index (χ4v) is 2.31. The molecule has 1 aliphatic rings. The highest BCUT2D eigenvalue weighted by Crippen LogP contribution is 2.31. The molecule has 92 valence electrons. The van der Waals surface area contributed by atoms with Crippen LogP contribution in [-0.2, 0) is 6.42 Å². The molecule has 1 aliphatic heterocycles. The lowest BCUT2D eigenvalue weighted by atomic mass is 10.1. The van der Waals surface area contributed by atoms with Crippen LogP contribution in [0.25, 0.3) is 11.4 Å². The molecular formula is C13H10Cl2N2O. The third-order valence-corrected chi connectivity index (χ3v) is 3.71. The average molecular weight is 281 g/mol. The molecule has 0 spiro atoms. The van der Waals surface area contributed by atoms with Crippen molar-refractivity contribution in [2.45, 2.75) is 13.3 Å². The molecular weight excluding hydrogens is 271 g/mol. The number of rotatable bonds is 1. The zero-order chi connectivity index (χ0) is 12.7. The average Bonchev–Trinajstić information content (AvgIpc) is 2.82. The Bertz CT molecular complexity index is 605. The first-order valence-electron chi connectivity index (χ1n) is 5.61. The van der Waals surface area contributed by atoms with E-state index in [0.717, 1.165) is 24.3 Å². The van der Waals surface area contributed by atoms with E-state index in [0.29, 0.717) is 21.7 Å². The lowest BCUT2D eigenvalue weighted by Gasteiger charge is -2.06. The van der Waals surface area contributed by atoms with Gasteiger partial charge < -0.3 is 4.74 Å². The molecule has 2 aromatic rings. The van der Waals surface area contributed by atoms with Gasteiger partial charge >= 0.3 is 0 Å². The Hall–Kier alpha value is -1.32. The highest BCUT2D eigenvalue weighted by Gasteiger charge is 2.15. The number of aromatic nitrogens is 2. The van der Waals surface area contributed by atoms with Crippen molar-refractivity contribution in [1.29, 1.82) is 0 Å². The molecule has 0 unspecified atom stereocenters. The van der Waals surface area contributed by atoms with E-state index in [9.17, 15) is 0 Å². The van der Waals surface area contributed by atoms with E-state index >= 15 is 0 Å². The number of hydrogen-bond donors (Lipinski definition) is 0. The number of halogens is 2. The van der Waals surface area contributed by atoms with Gasteiger partial charge in [-0.15, -0.1) is 0 Å². The second kappa shape index (κ2) is 4.41. The summed E-state index contributed by atoms with van der Waals surface area (Å²) in [6.07, 6.45) is 0.913. The van der Waals surface area contributed by atoms with E-state index in [1.54, 1.807) is 6.92 Å². The van der Waals surface area contributed by atoms with Gasteiger partial charge in [0.2, 0.25) is 0 Å². The van der Waals surface area contributed by atoms with Gasteiger partial charge in [0.25, 0.3) is 0 Å². The first kappa shape index (κ1) is 11.8. The van der Waals surface area contributed by atoms with Gasteiger partial charge in [-0.25, -0.2) is 9.97 Å². The van der Waals surface area contributed by atoms with Crippen molar-refractivity contribution in [3.8, 4) is 17.1 Å². The molecule has 3 nitrogen and oxygen atoms in total. The lowest BCUT2D eigenvalue weighted by Crippen LogP contribution is -1.94. The minimum absolute atomic E-state index is 0.391. The smallest absolute Gasteiger partial charge is 0.162 e. The summed E-state index contributed by atoms with van der Waals surface area (Å²) in [6.45, 7) is 2.53. The molecule has 0 saturated heterocycles. The molecule has 0 bridgehead atoms. The molecule has 0 amide bonds. The SMILES string of the molecule is Cc1c(Cl)nc(-c2ccc3c(c2)CCO3)nc1Cl. The van der Waals surface area contributed by atoms with Crippen LogP contribution >= 0.6 is 23.2 Å². The summed E-state index contributed by atoms with van der Waals surface area (Å²) in [5, 5.41) is 0.781. The van der Waals surface area contributed by atoms with Gasteiger partial charge in [-0.2, -0.15) is 0 Å². The van der Waals surface area contributed by atoms with Crippen molar-refractivity contribution in [2.75, 3.05) is 6.61 Å². The molecule has 0 atom stereocenters. The van der Waals surface area contributed by atoms with Crippen LogP contribution in [0.15, 0.2) is 18.2 Å². The van der Waals surface area contributed by atoms with Gasteiger partial charge in [0.05, 0.1) is 6.61 Å². The van der Waals surface area contributed by atoms with Crippen molar-refractivity contribution in [3.05, 3.63) is 39.6 Å². The summed E-state index contributed by atoms with van der Waals surface area (Å²) in [6, 6.07) is 5.88. The van der Waals surface area contributed by atoms with Crippen molar-refractivity contribution < 1.29 is 4.74 Å². The summed E-state index contributed by atoms with van der Waals surface area (Å²) < 4.78 is 5.46. The van der Waals surface area contributed by atoms with Crippen LogP contribution in [0.2, 0.25) is 10.3 Å². The summed E-state index contributed by atoms with van der Waals surface area (Å²) in [7, 11) is 0. The molecule has 0 radical (unpaired) electrons. The third-order valence-electron chi connectivity index (χ3n) is 2.97. The summed E-state index contributed by atoms with van der Waals surface area (Å²) in [5.74, 6) is 1.48. The molecule has 0 saturated carbocycles. The van der Waals surface area contributed by atoms with Crippen molar-refractivity contribution in [3.63, 3.8) is 0 Å². The van der Waals surface area contributed by atoms with Crippen LogP contribution in [0, 0.1) is 6.92 Å². The first-order chi connectivity index (χ1) is 8.65. The number of benzene rings is 1. The number of fused-ring (bicyclic) bond motifs is 1. The zero-order valence-electron chi connectivity index (χ0n) is 9.70. The molecule has 5 heteroatoms. The maximum Gasteiger partial charge on any atom is 0.162 e. The van der Waals surface area contributed by atoms with E-state index in [-0.39, 0.29) is 0 Å². The predicted octanol–water partition coefficient (Wildman–Crippen LogP) is 3.69. The van der Waals surface area contributed by atoms with Gasteiger partial charge in [-0.05, 0) is 30.7 Å². The minimum Gasteiger partial charge on any atom is -0.493 e. The summed E-state index contributed by atoms with van der Waals surface area (Å²) in [5.41, 5.74) is 2.78. The largest absolute Gasteiger partial charge is 0.493 e. The van der Waals surface area contributed by atoms with E-state index in [2.05, 4.69) is 9.97 Å². The van der Waals surface area contributed by atoms with Crippen LogP contribution in [0.3, 0.4) is 0 Å². The van der Waals surface area contributed by atoms with Crippen molar-refractivity contribution in [2.24, 2.45) is 0 Å². The Morgan fingerprint density at radius 1 is 1.17 bits per heavy atom. The van der Waals surface area contributed by atoms with Gasteiger partial charge in [0.15, 0.2) is 5.82 Å². The molecule has 0 fully saturated rings. The van der Waals surface area contributed by atoms with Crippen LogP contribution in [0.1, 0.15) is 11.1 Å². The summed E-state index contributed by atoms with van der Waals surface area (Å²) in [4.78, 5) is 8.52. The zero-order valence-corrected chi connectivity index (χ0v) is 11.2. The van der Waals surface area contributed by atoms with Gasteiger partial charge in [0.1, 0.15) is 16.1 Å². The lowest BCUT2D eigenvalue weighted by molar-refractivity contribution is 0.357. The van der Waals surface area contributed by atoms with Crippen LogP contribution in [-0.4, -0.2) is 16.6 Å². The molecule has 1 aromatic heterocycles. The minimum atomic E-state index is 0.391. The van der Waals surface area contributed by atoms with Gasteiger partial charge in [0, 0.05) is 17.5 Å². The Morgan fingerprint density at radius 2 is 1.89 bits per heavy atom. The Kier molecular flexibility index (Phi) is 2.88. The third kappa shape index (κ3) is 1.93. The monoisotopic (exact) mass is 280 g/mol. The van der Waals surface area contributed by atoms with Crippen molar-refractivity contribution >= 4 is 23.2 Å². The predicted molar refractivity (Wildman–Crippen MR) is 71.4 cm³/mol. The summed E-state index contributed by atoms with van der Waals surface area (Å²) >= 11 is 12.1. The number of nitrogens with zero attached hydrogens (tertiary/aromatic N) is 2. The highest BCUT2D eigenvalue weighted by atomic mass is 35.5. The first-order valence-corrected chi connectivity index (χ1v) is 6.36. The topological polar surface area (TPSA) is 35.0 Å². The van der Waals surface area contributed by atoms with Crippen LogP contribution in [0.4, 0.5) is 0 Å². The molecule has 2 heterocycles. The van der Waals surface area contributed by atoms with Crippen LogP contribution < -0.4 is 4.74 Å². The van der Waals surface area contributed by atoms with Gasteiger partial charge in [-0.1, -0.05) is 23.2 Å². The van der Waals surface area contributed by atoms with E-state index in [1.807, 2.05) is 18.2 Å². The number of ether oxygens (including phenoxy) is 1. The second-order valence-electron chi connectivity index (χ2n) is 4.17. The van der Waals surface area contributed by atoms with E-state index in [1.165, 1.54) is 5.56 Å². The standard InChI is InChI=1S/C13H10Cl2N2O/c1-7-11(14)16-13(17-12(7)15)9-2-3-10-8(6-9)4-5-18-10/h2-3,6H,4-5H2,1H3. The van der Waals surface area contributed by atoms with Crippen LogP contribution in [0.5, 0.6) is 5.75 Å². The Labute approximate surface area is 115 Å². The Balaban J connectivity index is 2.10. The highest BCUT2D eigenvalue weighted by molar-refractivity contribution is 6.34. The normalized spacial score (nSPS) is 13.3. The van der Waals surface area contributed by atoms with E-state index in [4.69, 9.17) is 27.9 Å². The van der Waals surface area contributed by atoms with Crippen molar-refractivity contribution in [1.82, 2.24) is 9.97 Å². The van der Waals surface area contributed by atoms with E-state index < -0.39 is 0 Å².